The van der Waals surface area contributed by atoms with Crippen molar-refractivity contribution >= 4 is 5.78 Å². The molecule has 0 heterocycles. The number of benzene rings is 1. The molecule has 1 aromatic rings. The number of carbonyl (C=O) groups excluding carboxylic acids is 1. The van der Waals surface area contributed by atoms with Crippen LogP contribution < -0.4 is 0 Å². The molecular weight excluding hydrogens is 244 g/mol. The van der Waals surface area contributed by atoms with Gasteiger partial charge >= 0.3 is 0 Å². The summed E-state index contributed by atoms with van der Waals surface area (Å²) in [5.74, 6) is 0.822. The van der Waals surface area contributed by atoms with Gasteiger partial charge in [0.15, 0.2) is 5.78 Å². The van der Waals surface area contributed by atoms with Crippen molar-refractivity contribution in [1.82, 2.24) is 0 Å². The second-order valence-corrected chi connectivity index (χ2v) is 6.40. The molecule has 1 aromatic carbocycles. The molecule has 1 nitrogen and oxygen atoms in total. The van der Waals surface area contributed by atoms with E-state index in [1.165, 1.54) is 11.1 Å². The first-order valence-electron chi connectivity index (χ1n) is 7.53. The molecule has 20 heavy (non-hydrogen) atoms. The number of Topliss-reactive ketones (excluding diaryl/α,β-unsaturated/α-hetero) is 1. The van der Waals surface area contributed by atoms with E-state index < -0.39 is 0 Å². The number of hydrogen-bond acceptors (Lipinski definition) is 1. The largest absolute Gasteiger partial charge is 0.294 e. The minimum Gasteiger partial charge on any atom is -0.294 e. The van der Waals surface area contributed by atoms with Gasteiger partial charge in [-0.15, -0.1) is 0 Å². The molecule has 0 N–H and O–H groups in total. The summed E-state index contributed by atoms with van der Waals surface area (Å²) in [6.07, 6.45) is 8.43. The van der Waals surface area contributed by atoms with Crippen molar-refractivity contribution in [3.63, 3.8) is 0 Å². The summed E-state index contributed by atoms with van der Waals surface area (Å²) in [6, 6.07) is 9.84. The fourth-order valence-corrected chi connectivity index (χ4v) is 3.84. The molecule has 2 aliphatic carbocycles. The normalized spacial score (nSPS) is 29.2. The fourth-order valence-electron chi connectivity index (χ4n) is 3.84. The summed E-state index contributed by atoms with van der Waals surface area (Å²) in [6.45, 7) is 4.43. The highest BCUT2D eigenvalue weighted by Gasteiger charge is 2.47. The summed E-state index contributed by atoms with van der Waals surface area (Å²) in [4.78, 5) is 13.2. The maximum Gasteiger partial charge on any atom is 0.169 e. The van der Waals surface area contributed by atoms with Crippen molar-refractivity contribution in [3.05, 3.63) is 59.2 Å². The average molecular weight is 266 g/mol. The predicted molar refractivity (Wildman–Crippen MR) is 82.7 cm³/mol. The van der Waals surface area contributed by atoms with Crippen LogP contribution in [-0.2, 0) is 0 Å². The lowest BCUT2D eigenvalue weighted by molar-refractivity contribution is 0.0625. The number of rotatable bonds is 2. The van der Waals surface area contributed by atoms with Gasteiger partial charge in [-0.25, -0.2) is 0 Å². The molecule has 0 unspecified atom stereocenters. The van der Waals surface area contributed by atoms with E-state index in [0.717, 1.165) is 31.2 Å². The van der Waals surface area contributed by atoms with Gasteiger partial charge in [0.2, 0.25) is 0 Å². The van der Waals surface area contributed by atoms with Crippen molar-refractivity contribution in [2.45, 2.75) is 39.5 Å². The highest BCUT2D eigenvalue weighted by atomic mass is 16.1. The lowest BCUT2D eigenvalue weighted by atomic mass is 9.57. The minimum absolute atomic E-state index is 0.195. The van der Waals surface area contributed by atoms with Gasteiger partial charge in [0, 0.05) is 11.0 Å². The lowest BCUT2D eigenvalue weighted by Gasteiger charge is -2.45. The standard InChI is InChI=1S/C19H22O/c1-14-12-17-10-6-7-11-19(17,13-15(14)2)18(20)16-8-4-3-5-9-16/h3-9,17H,10-13H2,1-2H3/t17-,19-/m1/s1. The number of carbonyl (C=O) groups is 1. The Morgan fingerprint density at radius 1 is 1.10 bits per heavy atom. The zero-order chi connectivity index (χ0) is 14.2. The minimum atomic E-state index is -0.195. The van der Waals surface area contributed by atoms with Gasteiger partial charge in [-0.1, -0.05) is 53.6 Å². The van der Waals surface area contributed by atoms with Crippen molar-refractivity contribution in [3.8, 4) is 0 Å². The van der Waals surface area contributed by atoms with Gasteiger partial charge in [-0.2, -0.15) is 0 Å². The van der Waals surface area contributed by atoms with Crippen molar-refractivity contribution in [2.75, 3.05) is 0 Å². The molecule has 0 aromatic heterocycles. The summed E-state index contributed by atoms with van der Waals surface area (Å²) in [5, 5.41) is 0. The Labute approximate surface area is 121 Å². The lowest BCUT2D eigenvalue weighted by Crippen LogP contribution is -2.42. The van der Waals surface area contributed by atoms with Crippen LogP contribution in [0.15, 0.2) is 53.6 Å². The Kier molecular flexibility index (Phi) is 3.37. The quantitative estimate of drug-likeness (QED) is 0.546. The second kappa shape index (κ2) is 5.05. The Morgan fingerprint density at radius 2 is 1.85 bits per heavy atom. The topological polar surface area (TPSA) is 17.1 Å². The van der Waals surface area contributed by atoms with E-state index in [2.05, 4.69) is 26.0 Å². The number of hydrogen-bond donors (Lipinski definition) is 0. The highest BCUT2D eigenvalue weighted by molar-refractivity contribution is 6.01. The van der Waals surface area contributed by atoms with Crippen LogP contribution in [0.25, 0.3) is 0 Å². The van der Waals surface area contributed by atoms with Crippen LogP contribution in [0.5, 0.6) is 0 Å². The van der Waals surface area contributed by atoms with Gasteiger partial charge in [0.1, 0.15) is 0 Å². The third-order valence-corrected chi connectivity index (χ3v) is 5.20. The van der Waals surface area contributed by atoms with Crippen molar-refractivity contribution in [1.29, 1.82) is 0 Å². The Morgan fingerprint density at radius 3 is 2.60 bits per heavy atom. The molecule has 0 saturated carbocycles. The molecule has 3 rings (SSSR count). The average Bonchev–Trinajstić information content (AvgIpc) is 2.48. The molecule has 1 heteroatoms. The van der Waals surface area contributed by atoms with E-state index in [1.54, 1.807) is 0 Å². The Balaban J connectivity index is 2.03. The molecule has 0 aliphatic heterocycles. The van der Waals surface area contributed by atoms with Gasteiger partial charge in [0.05, 0.1) is 0 Å². The zero-order valence-electron chi connectivity index (χ0n) is 12.4. The van der Waals surface area contributed by atoms with Crippen LogP contribution in [0, 0.1) is 11.3 Å². The van der Waals surface area contributed by atoms with E-state index >= 15 is 0 Å². The summed E-state index contributed by atoms with van der Waals surface area (Å²) < 4.78 is 0. The number of ketones is 1. The van der Waals surface area contributed by atoms with Crippen molar-refractivity contribution < 1.29 is 4.79 Å². The SMILES string of the molecule is CC1=C(C)C[C@]2(C(=O)c3ccccc3)CC=CC[C@@H]2C1. The van der Waals surface area contributed by atoms with Crippen LogP contribution >= 0.6 is 0 Å². The smallest absolute Gasteiger partial charge is 0.169 e. The van der Waals surface area contributed by atoms with Crippen molar-refractivity contribution in [2.24, 2.45) is 11.3 Å². The highest BCUT2D eigenvalue weighted by Crippen LogP contribution is 2.51. The maximum atomic E-state index is 13.2. The first kappa shape index (κ1) is 13.4. The van der Waals surface area contributed by atoms with E-state index in [1.807, 2.05) is 30.3 Å². The molecule has 104 valence electrons. The number of fused-ring (bicyclic) bond motifs is 1. The molecule has 0 amide bonds. The van der Waals surface area contributed by atoms with Crippen LogP contribution in [0.4, 0.5) is 0 Å². The van der Waals surface area contributed by atoms with Gasteiger partial charge in [-0.05, 0) is 45.4 Å². The van der Waals surface area contributed by atoms with Gasteiger partial charge < -0.3 is 0 Å². The van der Waals surface area contributed by atoms with Crippen LogP contribution in [0.1, 0.15) is 49.9 Å². The third-order valence-electron chi connectivity index (χ3n) is 5.20. The summed E-state index contributed by atoms with van der Waals surface area (Å²) in [7, 11) is 0. The predicted octanol–water partition coefficient (Wildman–Crippen LogP) is 4.95. The first-order chi connectivity index (χ1) is 9.63. The molecule has 0 fully saturated rings. The van der Waals surface area contributed by atoms with E-state index in [4.69, 9.17) is 0 Å². The molecule has 0 radical (unpaired) electrons. The van der Waals surface area contributed by atoms with E-state index in [9.17, 15) is 4.79 Å². The summed E-state index contributed by atoms with van der Waals surface area (Å²) >= 11 is 0. The second-order valence-electron chi connectivity index (χ2n) is 6.40. The van der Waals surface area contributed by atoms with Crippen LogP contribution in [-0.4, -0.2) is 5.78 Å². The maximum absolute atomic E-state index is 13.2. The van der Waals surface area contributed by atoms with E-state index in [0.29, 0.717) is 11.7 Å². The molecule has 0 saturated heterocycles. The first-order valence-corrected chi connectivity index (χ1v) is 7.53. The van der Waals surface area contributed by atoms with E-state index in [-0.39, 0.29) is 5.41 Å². The van der Waals surface area contributed by atoms with Gasteiger partial charge in [0.25, 0.3) is 0 Å². The zero-order valence-corrected chi connectivity index (χ0v) is 12.4. The van der Waals surface area contributed by atoms with Crippen LogP contribution in [0.2, 0.25) is 0 Å². The number of allylic oxidation sites excluding steroid dienone is 4. The molecule has 2 aliphatic rings. The summed E-state index contributed by atoms with van der Waals surface area (Å²) in [5.41, 5.74) is 3.59. The fraction of sp³-hybridized carbons (Fsp3) is 0.421. The third kappa shape index (κ3) is 2.06. The monoisotopic (exact) mass is 266 g/mol. The molecule has 0 spiro atoms. The Hall–Kier alpha value is -1.63. The molecule has 0 bridgehead atoms. The Bertz CT molecular complexity index is 579. The molecular formula is C19H22O. The molecule has 2 atom stereocenters. The van der Waals surface area contributed by atoms with Crippen LogP contribution in [0.3, 0.4) is 0 Å². The van der Waals surface area contributed by atoms with Gasteiger partial charge in [-0.3, -0.25) is 4.79 Å².